The molecule has 0 spiro atoms. The van der Waals surface area contributed by atoms with E-state index in [1.807, 2.05) is 24.1 Å². The fourth-order valence-corrected chi connectivity index (χ4v) is 2.86. The zero-order chi connectivity index (χ0) is 15.4. The Bertz CT molecular complexity index is 531. The Balaban J connectivity index is 0.00000242. The normalized spacial score (nSPS) is 14.3. The molecular weight excluding hydrogens is 435 g/mol. The van der Waals surface area contributed by atoms with Crippen LogP contribution in [0.15, 0.2) is 17.1 Å². The number of hydrogen-bond donors (Lipinski definition) is 1. The van der Waals surface area contributed by atoms with E-state index in [0.29, 0.717) is 6.04 Å². The molecule has 1 aliphatic carbocycles. The van der Waals surface area contributed by atoms with Crippen LogP contribution in [0.25, 0.3) is 0 Å². The minimum Gasteiger partial charge on any atom is -0.353 e. The molecule has 1 fully saturated rings. The molecule has 0 aliphatic heterocycles. The van der Waals surface area contributed by atoms with Gasteiger partial charge in [-0.05, 0) is 25.0 Å². The van der Waals surface area contributed by atoms with Crippen molar-refractivity contribution in [2.24, 2.45) is 4.99 Å². The van der Waals surface area contributed by atoms with E-state index in [1.54, 1.807) is 30.3 Å². The Morgan fingerprint density at radius 1 is 1.41 bits per heavy atom. The van der Waals surface area contributed by atoms with Gasteiger partial charge in [-0.1, -0.05) is 11.6 Å². The van der Waals surface area contributed by atoms with Crippen molar-refractivity contribution in [3.8, 4) is 0 Å². The average molecular weight is 457 g/mol. The lowest BCUT2D eigenvalue weighted by Gasteiger charge is -2.22. The highest BCUT2D eigenvalue weighted by Crippen LogP contribution is 2.23. The Hall–Kier alpha value is -0.540. The van der Waals surface area contributed by atoms with Crippen molar-refractivity contribution < 1.29 is 4.79 Å². The van der Waals surface area contributed by atoms with Crippen molar-refractivity contribution >= 4 is 58.8 Å². The summed E-state index contributed by atoms with van der Waals surface area (Å²) in [4.78, 5) is 20.9. The second-order valence-corrected chi connectivity index (χ2v) is 7.21. The van der Waals surface area contributed by atoms with E-state index in [4.69, 9.17) is 11.6 Å². The summed E-state index contributed by atoms with van der Waals surface area (Å²) < 4.78 is 0.787. The number of thiophene rings is 1. The van der Waals surface area contributed by atoms with Gasteiger partial charge in [0.1, 0.15) is 6.54 Å². The maximum absolute atomic E-state index is 11.7. The van der Waals surface area contributed by atoms with Crippen molar-refractivity contribution in [1.29, 1.82) is 0 Å². The maximum Gasteiger partial charge on any atom is 0.243 e. The number of nitrogens with zero attached hydrogens (tertiary/aromatic N) is 3. The second-order valence-electron chi connectivity index (χ2n) is 5.41. The van der Waals surface area contributed by atoms with Crippen LogP contribution in [0, 0.1) is 0 Å². The van der Waals surface area contributed by atoms with Crippen molar-refractivity contribution in [3.05, 3.63) is 21.3 Å². The fraction of sp³-hybridized carbons (Fsp3) is 0.571. The fourth-order valence-electron chi connectivity index (χ4n) is 1.72. The van der Waals surface area contributed by atoms with Gasteiger partial charge in [0.25, 0.3) is 0 Å². The number of guanidine groups is 1. The predicted octanol–water partition coefficient (Wildman–Crippen LogP) is 2.65. The quantitative estimate of drug-likeness (QED) is 0.421. The smallest absolute Gasteiger partial charge is 0.243 e. The first-order valence-corrected chi connectivity index (χ1v) is 8.11. The number of halogens is 2. The van der Waals surface area contributed by atoms with Gasteiger partial charge in [-0.25, -0.2) is 4.99 Å². The molecule has 1 amide bonds. The molecule has 1 aromatic heterocycles. The second kappa shape index (κ2) is 8.93. The highest BCUT2D eigenvalue weighted by Gasteiger charge is 2.24. The molecule has 1 aliphatic rings. The van der Waals surface area contributed by atoms with Crippen molar-refractivity contribution in [2.45, 2.75) is 25.4 Å². The Labute approximate surface area is 157 Å². The molecule has 124 valence electrons. The van der Waals surface area contributed by atoms with Crippen LogP contribution >= 0.6 is 46.9 Å². The summed E-state index contributed by atoms with van der Waals surface area (Å²) in [6, 6.07) is 4.41. The number of hydrogen-bond acceptors (Lipinski definition) is 3. The molecule has 0 saturated heterocycles. The van der Waals surface area contributed by atoms with Gasteiger partial charge >= 0.3 is 0 Å². The van der Waals surface area contributed by atoms with Crippen LogP contribution in [-0.4, -0.2) is 55.4 Å². The highest BCUT2D eigenvalue weighted by molar-refractivity contribution is 14.0. The van der Waals surface area contributed by atoms with E-state index in [0.717, 1.165) is 16.8 Å². The van der Waals surface area contributed by atoms with Crippen LogP contribution < -0.4 is 5.32 Å². The molecule has 1 N–H and O–H groups in total. The minimum atomic E-state index is -0.00216. The zero-order valence-corrected chi connectivity index (χ0v) is 16.9. The third-order valence-electron chi connectivity index (χ3n) is 3.16. The summed E-state index contributed by atoms with van der Waals surface area (Å²) in [5.41, 5.74) is 0. The van der Waals surface area contributed by atoms with Gasteiger partial charge in [0.15, 0.2) is 5.96 Å². The topological polar surface area (TPSA) is 47.9 Å². The largest absolute Gasteiger partial charge is 0.353 e. The molecule has 0 aromatic carbocycles. The first-order chi connectivity index (χ1) is 9.95. The van der Waals surface area contributed by atoms with Crippen LogP contribution in [-0.2, 0) is 11.3 Å². The van der Waals surface area contributed by atoms with E-state index >= 15 is 0 Å². The molecule has 1 heterocycles. The van der Waals surface area contributed by atoms with Crippen molar-refractivity contribution in [3.63, 3.8) is 0 Å². The third kappa shape index (κ3) is 6.29. The number of rotatable bonds is 5. The van der Waals surface area contributed by atoms with Crippen LogP contribution in [0.4, 0.5) is 0 Å². The summed E-state index contributed by atoms with van der Waals surface area (Å²) in [5.74, 6) is 0.773. The Morgan fingerprint density at radius 3 is 2.59 bits per heavy atom. The molecule has 5 nitrogen and oxygen atoms in total. The first-order valence-electron chi connectivity index (χ1n) is 6.92. The SMILES string of the molecule is CN(C)C(=O)CN=C(NC1CC1)N(C)Cc1ccc(Cl)s1.I. The van der Waals surface area contributed by atoms with Gasteiger partial charge in [0, 0.05) is 32.1 Å². The number of carbonyl (C=O) groups excluding carboxylic acids is 1. The zero-order valence-electron chi connectivity index (χ0n) is 13.0. The molecule has 1 saturated carbocycles. The van der Waals surface area contributed by atoms with Gasteiger partial charge in [-0.2, -0.15) is 0 Å². The summed E-state index contributed by atoms with van der Waals surface area (Å²) in [6.07, 6.45) is 2.33. The lowest BCUT2D eigenvalue weighted by atomic mass is 10.4. The van der Waals surface area contributed by atoms with Gasteiger partial charge in [-0.3, -0.25) is 4.79 Å². The molecule has 2 rings (SSSR count). The number of carbonyl (C=O) groups is 1. The molecular formula is C14H22ClIN4OS. The van der Waals surface area contributed by atoms with E-state index in [2.05, 4.69) is 10.3 Å². The van der Waals surface area contributed by atoms with E-state index in [-0.39, 0.29) is 36.4 Å². The van der Waals surface area contributed by atoms with E-state index in [1.165, 1.54) is 17.7 Å². The monoisotopic (exact) mass is 456 g/mol. The van der Waals surface area contributed by atoms with Crippen molar-refractivity contribution in [1.82, 2.24) is 15.1 Å². The molecule has 0 bridgehead atoms. The van der Waals surface area contributed by atoms with Gasteiger partial charge in [-0.15, -0.1) is 35.3 Å². The lowest BCUT2D eigenvalue weighted by molar-refractivity contribution is -0.127. The summed E-state index contributed by atoms with van der Waals surface area (Å²) >= 11 is 7.52. The van der Waals surface area contributed by atoms with Gasteiger partial charge < -0.3 is 15.1 Å². The van der Waals surface area contributed by atoms with Crippen LogP contribution in [0.3, 0.4) is 0 Å². The lowest BCUT2D eigenvalue weighted by Crippen LogP contribution is -2.40. The third-order valence-corrected chi connectivity index (χ3v) is 4.37. The number of nitrogens with one attached hydrogen (secondary N) is 1. The molecule has 1 aromatic rings. The maximum atomic E-state index is 11.7. The molecule has 0 unspecified atom stereocenters. The Kier molecular flexibility index (Phi) is 7.92. The van der Waals surface area contributed by atoms with Gasteiger partial charge in [0.2, 0.25) is 5.91 Å². The highest BCUT2D eigenvalue weighted by atomic mass is 127. The van der Waals surface area contributed by atoms with Gasteiger partial charge in [0.05, 0.1) is 10.9 Å². The summed E-state index contributed by atoms with van der Waals surface area (Å²) in [5, 5.41) is 3.39. The number of aliphatic imine (C=N–C) groups is 1. The van der Waals surface area contributed by atoms with E-state index in [9.17, 15) is 4.79 Å². The first kappa shape index (κ1) is 19.5. The minimum absolute atomic E-state index is 0. The van der Waals surface area contributed by atoms with Crippen LogP contribution in [0.1, 0.15) is 17.7 Å². The standard InChI is InChI=1S/C14H21ClN4OS.HI/c1-18(2)13(20)8-16-14(17-10-4-5-10)19(3)9-11-6-7-12(15)21-11;/h6-7,10H,4-5,8-9H2,1-3H3,(H,16,17);1H. The molecule has 0 radical (unpaired) electrons. The molecule has 0 atom stereocenters. The summed E-state index contributed by atoms with van der Waals surface area (Å²) in [7, 11) is 5.45. The van der Waals surface area contributed by atoms with Crippen molar-refractivity contribution in [2.75, 3.05) is 27.7 Å². The summed E-state index contributed by atoms with van der Waals surface area (Å²) in [6.45, 7) is 0.893. The average Bonchev–Trinajstić information content (AvgIpc) is 3.16. The number of amides is 1. The predicted molar refractivity (Wildman–Crippen MR) is 103 cm³/mol. The Morgan fingerprint density at radius 2 is 2.09 bits per heavy atom. The molecule has 8 heteroatoms. The van der Waals surface area contributed by atoms with Crippen LogP contribution in [0.5, 0.6) is 0 Å². The number of likely N-dealkylation sites (N-methyl/N-ethyl adjacent to an activating group) is 1. The molecule has 22 heavy (non-hydrogen) atoms. The van der Waals surface area contributed by atoms with E-state index < -0.39 is 0 Å². The van der Waals surface area contributed by atoms with Crippen LogP contribution in [0.2, 0.25) is 4.34 Å².